The maximum atomic E-state index is 9.71. The van der Waals surface area contributed by atoms with E-state index >= 15 is 0 Å². The number of benzene rings is 1. The average Bonchev–Trinajstić information content (AvgIpc) is 2.23. The van der Waals surface area contributed by atoms with E-state index in [9.17, 15) is 5.11 Å². The van der Waals surface area contributed by atoms with E-state index in [0.29, 0.717) is 18.2 Å². The molecule has 1 rings (SSSR count). The zero-order chi connectivity index (χ0) is 12.1. The van der Waals surface area contributed by atoms with Gasteiger partial charge in [0.15, 0.2) is 0 Å². The Kier molecular flexibility index (Phi) is 5.06. The first-order valence-corrected chi connectivity index (χ1v) is 5.59. The first kappa shape index (κ1) is 13.3. The van der Waals surface area contributed by atoms with Gasteiger partial charge in [0.05, 0.1) is 6.61 Å². The summed E-state index contributed by atoms with van der Waals surface area (Å²) in [4.78, 5) is 2.09. The van der Waals surface area contributed by atoms with E-state index in [2.05, 4.69) is 11.8 Å². The molecule has 0 amide bonds. The predicted molar refractivity (Wildman–Crippen MR) is 65.9 cm³/mol. The summed E-state index contributed by atoms with van der Waals surface area (Å²) in [6, 6.07) is 5.45. The molecule has 0 aliphatic carbocycles. The topological polar surface area (TPSA) is 32.7 Å². The number of likely N-dealkylation sites (N-methyl/N-ethyl adjacent to an activating group) is 1. The lowest BCUT2D eigenvalue weighted by atomic mass is 10.1. The van der Waals surface area contributed by atoms with Gasteiger partial charge in [-0.1, -0.05) is 17.7 Å². The minimum atomic E-state index is 0.240. The Balaban J connectivity index is 2.72. The molecule has 90 valence electrons. The van der Waals surface area contributed by atoms with E-state index in [0.717, 1.165) is 5.56 Å². The van der Waals surface area contributed by atoms with Gasteiger partial charge in [-0.15, -0.1) is 0 Å². The van der Waals surface area contributed by atoms with Crippen LogP contribution >= 0.6 is 11.6 Å². The van der Waals surface area contributed by atoms with E-state index in [1.165, 1.54) is 0 Å². The Bertz CT molecular complexity index is 324. The quantitative estimate of drug-likeness (QED) is 0.863. The summed E-state index contributed by atoms with van der Waals surface area (Å²) in [5.41, 5.74) is 0.759. The number of phenolic OH excluding ortho intramolecular Hbond substituents is 1. The van der Waals surface area contributed by atoms with Gasteiger partial charge in [-0.3, -0.25) is 4.90 Å². The summed E-state index contributed by atoms with van der Waals surface area (Å²) < 4.78 is 5.09. The average molecular weight is 244 g/mol. The first-order valence-electron chi connectivity index (χ1n) is 5.21. The molecule has 0 heterocycles. The van der Waals surface area contributed by atoms with Gasteiger partial charge in [0.2, 0.25) is 0 Å². The van der Waals surface area contributed by atoms with E-state index in [1.807, 2.05) is 7.05 Å². The summed E-state index contributed by atoms with van der Waals surface area (Å²) in [6.45, 7) is 3.33. The van der Waals surface area contributed by atoms with E-state index in [-0.39, 0.29) is 11.8 Å². The molecule has 0 aromatic heterocycles. The lowest BCUT2D eigenvalue weighted by Crippen LogP contribution is -2.32. The van der Waals surface area contributed by atoms with Crippen molar-refractivity contribution in [1.82, 2.24) is 4.90 Å². The molecule has 1 unspecified atom stereocenters. The van der Waals surface area contributed by atoms with Crippen LogP contribution in [0.4, 0.5) is 0 Å². The second-order valence-corrected chi connectivity index (χ2v) is 4.36. The van der Waals surface area contributed by atoms with Crippen LogP contribution in [0.2, 0.25) is 5.02 Å². The monoisotopic (exact) mass is 243 g/mol. The molecule has 3 nitrogen and oxygen atoms in total. The molecule has 1 aromatic carbocycles. The highest BCUT2D eigenvalue weighted by Gasteiger charge is 2.13. The molecule has 0 fully saturated rings. The Labute approximate surface area is 102 Å². The third-order valence-electron chi connectivity index (χ3n) is 2.66. The molecule has 4 heteroatoms. The number of nitrogens with zero attached hydrogens (tertiary/aromatic N) is 1. The van der Waals surface area contributed by atoms with Gasteiger partial charge < -0.3 is 9.84 Å². The number of phenols is 1. The first-order chi connectivity index (χ1) is 7.56. The summed E-state index contributed by atoms with van der Waals surface area (Å²) >= 11 is 6.04. The van der Waals surface area contributed by atoms with Crippen LogP contribution in [0.5, 0.6) is 5.75 Å². The highest BCUT2D eigenvalue weighted by atomic mass is 35.5. The van der Waals surface area contributed by atoms with Crippen LogP contribution in [0.1, 0.15) is 12.5 Å². The molecular weight excluding hydrogens is 226 g/mol. The zero-order valence-corrected chi connectivity index (χ0v) is 10.7. The van der Waals surface area contributed by atoms with Gasteiger partial charge in [0, 0.05) is 30.3 Å². The molecule has 16 heavy (non-hydrogen) atoms. The molecule has 1 atom stereocenters. The molecule has 0 saturated heterocycles. The highest BCUT2D eigenvalue weighted by Crippen LogP contribution is 2.26. The number of hydrogen-bond acceptors (Lipinski definition) is 3. The molecule has 1 aromatic rings. The van der Waals surface area contributed by atoms with Crippen molar-refractivity contribution in [2.24, 2.45) is 0 Å². The smallest absolute Gasteiger partial charge is 0.121 e. The number of halogens is 1. The molecule has 0 aliphatic heterocycles. The Morgan fingerprint density at radius 1 is 1.50 bits per heavy atom. The fraction of sp³-hybridized carbons (Fsp3) is 0.500. The minimum Gasteiger partial charge on any atom is -0.508 e. The van der Waals surface area contributed by atoms with Crippen molar-refractivity contribution in [3.63, 3.8) is 0 Å². The third kappa shape index (κ3) is 3.37. The van der Waals surface area contributed by atoms with Crippen LogP contribution in [-0.2, 0) is 11.3 Å². The van der Waals surface area contributed by atoms with Crippen molar-refractivity contribution < 1.29 is 9.84 Å². The molecule has 0 bridgehead atoms. The fourth-order valence-corrected chi connectivity index (χ4v) is 1.71. The maximum absolute atomic E-state index is 9.71. The van der Waals surface area contributed by atoms with Gasteiger partial charge in [0.1, 0.15) is 5.75 Å². The normalized spacial score (nSPS) is 13.1. The van der Waals surface area contributed by atoms with Crippen LogP contribution < -0.4 is 0 Å². The second kappa shape index (κ2) is 6.09. The largest absolute Gasteiger partial charge is 0.508 e. The Morgan fingerprint density at radius 2 is 2.19 bits per heavy atom. The van der Waals surface area contributed by atoms with Crippen molar-refractivity contribution in [3.8, 4) is 5.75 Å². The van der Waals surface area contributed by atoms with Gasteiger partial charge in [-0.2, -0.15) is 0 Å². The molecule has 0 spiro atoms. The summed E-state index contributed by atoms with van der Waals surface area (Å²) in [6.07, 6.45) is 0. The Hall–Kier alpha value is -0.770. The van der Waals surface area contributed by atoms with Crippen molar-refractivity contribution >= 4 is 11.6 Å². The standard InChI is InChI=1S/C12H18ClNO2/c1-9(8-16-3)14(2)7-10-11(13)5-4-6-12(10)15/h4-6,9,15H,7-8H2,1-3H3. The second-order valence-electron chi connectivity index (χ2n) is 3.96. The van der Waals surface area contributed by atoms with Crippen LogP contribution in [-0.4, -0.2) is 36.8 Å². The number of rotatable bonds is 5. The zero-order valence-electron chi connectivity index (χ0n) is 9.90. The van der Waals surface area contributed by atoms with Crippen molar-refractivity contribution in [2.75, 3.05) is 20.8 Å². The summed E-state index contributed by atoms with van der Waals surface area (Å²) in [5, 5.41) is 10.3. The third-order valence-corrected chi connectivity index (χ3v) is 3.02. The maximum Gasteiger partial charge on any atom is 0.121 e. The minimum absolute atomic E-state index is 0.240. The van der Waals surface area contributed by atoms with Crippen LogP contribution in [0.25, 0.3) is 0 Å². The van der Waals surface area contributed by atoms with Crippen molar-refractivity contribution in [3.05, 3.63) is 28.8 Å². The molecule has 0 saturated carbocycles. The highest BCUT2D eigenvalue weighted by molar-refractivity contribution is 6.31. The summed E-state index contributed by atoms with van der Waals surface area (Å²) in [7, 11) is 3.66. The van der Waals surface area contributed by atoms with Crippen molar-refractivity contribution in [2.45, 2.75) is 19.5 Å². The molecule has 1 N–H and O–H groups in total. The van der Waals surface area contributed by atoms with Crippen LogP contribution in [0.15, 0.2) is 18.2 Å². The fourth-order valence-electron chi connectivity index (χ4n) is 1.48. The lowest BCUT2D eigenvalue weighted by Gasteiger charge is -2.24. The SMILES string of the molecule is COCC(C)N(C)Cc1c(O)cccc1Cl. The lowest BCUT2D eigenvalue weighted by molar-refractivity contribution is 0.111. The van der Waals surface area contributed by atoms with Crippen LogP contribution in [0.3, 0.4) is 0 Å². The van der Waals surface area contributed by atoms with Gasteiger partial charge in [0.25, 0.3) is 0 Å². The van der Waals surface area contributed by atoms with E-state index < -0.39 is 0 Å². The number of ether oxygens (including phenoxy) is 1. The number of aromatic hydroxyl groups is 1. The van der Waals surface area contributed by atoms with Gasteiger partial charge >= 0.3 is 0 Å². The predicted octanol–water partition coefficient (Wildman–Crippen LogP) is 2.51. The Morgan fingerprint density at radius 3 is 2.75 bits per heavy atom. The molecule has 0 radical (unpaired) electrons. The van der Waals surface area contributed by atoms with Gasteiger partial charge in [-0.25, -0.2) is 0 Å². The van der Waals surface area contributed by atoms with E-state index in [4.69, 9.17) is 16.3 Å². The number of methoxy groups -OCH3 is 1. The van der Waals surface area contributed by atoms with Crippen LogP contribution in [0, 0.1) is 0 Å². The number of hydrogen-bond donors (Lipinski definition) is 1. The van der Waals surface area contributed by atoms with Crippen molar-refractivity contribution in [1.29, 1.82) is 0 Å². The molecular formula is C12H18ClNO2. The van der Waals surface area contributed by atoms with Gasteiger partial charge in [-0.05, 0) is 26.1 Å². The molecule has 0 aliphatic rings. The van der Waals surface area contributed by atoms with E-state index in [1.54, 1.807) is 25.3 Å². The summed E-state index contributed by atoms with van der Waals surface area (Å²) in [5.74, 6) is 0.240.